The normalized spacial score (nSPS) is 15.7. The topological polar surface area (TPSA) is 38.3 Å². The summed E-state index contributed by atoms with van der Waals surface area (Å²) in [5.41, 5.74) is 1.18. The van der Waals surface area contributed by atoms with Gasteiger partial charge in [-0.25, -0.2) is 0 Å². The van der Waals surface area contributed by atoms with E-state index in [0.717, 1.165) is 22.3 Å². The van der Waals surface area contributed by atoms with Gasteiger partial charge in [0.2, 0.25) is 0 Å². The molecule has 0 unspecified atom stereocenters. The van der Waals surface area contributed by atoms with Gasteiger partial charge in [0.25, 0.3) is 5.91 Å². The van der Waals surface area contributed by atoms with Gasteiger partial charge >= 0.3 is 0 Å². The Bertz CT molecular complexity index is 588. The van der Waals surface area contributed by atoms with Crippen LogP contribution in [0.3, 0.4) is 0 Å². The van der Waals surface area contributed by atoms with Crippen LogP contribution in [0.2, 0.25) is 0 Å². The predicted octanol–water partition coefficient (Wildman–Crippen LogP) is 2.72. The summed E-state index contributed by atoms with van der Waals surface area (Å²) >= 11 is 1.50. The monoisotopic (exact) mass is 247 g/mol. The molecule has 1 amide bonds. The van der Waals surface area contributed by atoms with E-state index in [1.807, 2.05) is 6.92 Å². The first kappa shape index (κ1) is 10.6. The lowest BCUT2D eigenvalue weighted by Gasteiger charge is -2.12. The maximum Gasteiger partial charge on any atom is 0.265 e. The summed E-state index contributed by atoms with van der Waals surface area (Å²) in [7, 11) is 0. The van der Waals surface area contributed by atoms with E-state index < -0.39 is 0 Å². The summed E-state index contributed by atoms with van der Waals surface area (Å²) < 4.78 is 6.87. The van der Waals surface area contributed by atoms with E-state index in [4.69, 9.17) is 4.74 Å². The molecule has 4 heteroatoms. The van der Waals surface area contributed by atoms with Gasteiger partial charge < -0.3 is 10.1 Å². The first-order valence-corrected chi connectivity index (χ1v) is 6.51. The molecular weight excluding hydrogens is 234 g/mol. The SMILES string of the molecule is Cc1ccc2sc3c(c2c1)OCCCNC3=O. The van der Waals surface area contributed by atoms with E-state index in [1.165, 1.54) is 16.9 Å². The van der Waals surface area contributed by atoms with Crippen molar-refractivity contribution in [2.24, 2.45) is 0 Å². The summed E-state index contributed by atoms with van der Waals surface area (Å²) in [6.07, 6.45) is 0.855. The lowest BCUT2D eigenvalue weighted by atomic mass is 10.1. The number of nitrogens with one attached hydrogen (secondary N) is 1. The first-order chi connectivity index (χ1) is 8.25. The molecule has 0 saturated carbocycles. The summed E-state index contributed by atoms with van der Waals surface area (Å²) in [5.74, 6) is 0.740. The smallest absolute Gasteiger partial charge is 0.265 e. The Balaban J connectivity index is 2.24. The van der Waals surface area contributed by atoms with Gasteiger partial charge in [-0.2, -0.15) is 0 Å². The van der Waals surface area contributed by atoms with Crippen LogP contribution in [0, 0.1) is 6.92 Å². The lowest BCUT2D eigenvalue weighted by Crippen LogP contribution is -2.27. The zero-order valence-corrected chi connectivity index (χ0v) is 10.4. The van der Waals surface area contributed by atoms with Crippen molar-refractivity contribution < 1.29 is 9.53 Å². The van der Waals surface area contributed by atoms with Crippen LogP contribution in [0.15, 0.2) is 18.2 Å². The second kappa shape index (κ2) is 4.04. The number of thiophene rings is 1. The quantitative estimate of drug-likeness (QED) is 0.777. The van der Waals surface area contributed by atoms with Crippen LogP contribution in [0.4, 0.5) is 0 Å². The molecular formula is C13H13NO2S. The second-order valence-electron chi connectivity index (χ2n) is 4.22. The first-order valence-electron chi connectivity index (χ1n) is 5.70. The van der Waals surface area contributed by atoms with Crippen molar-refractivity contribution in [3.63, 3.8) is 0 Å². The molecule has 0 aliphatic carbocycles. The molecule has 0 saturated heterocycles. The molecule has 2 heterocycles. The number of benzene rings is 1. The van der Waals surface area contributed by atoms with Crippen molar-refractivity contribution in [2.75, 3.05) is 13.2 Å². The number of amides is 1. The molecule has 0 bridgehead atoms. The van der Waals surface area contributed by atoms with E-state index in [1.54, 1.807) is 0 Å². The Hall–Kier alpha value is -1.55. The molecule has 3 nitrogen and oxygen atoms in total. The standard InChI is InChI=1S/C13H13NO2S/c1-8-3-4-10-9(7-8)11-12(17-10)13(15)14-5-2-6-16-11/h3-4,7H,2,5-6H2,1H3,(H,14,15). The Morgan fingerprint density at radius 1 is 1.41 bits per heavy atom. The van der Waals surface area contributed by atoms with E-state index in [9.17, 15) is 4.79 Å². The van der Waals surface area contributed by atoms with Crippen molar-refractivity contribution >= 4 is 27.3 Å². The maximum atomic E-state index is 11.9. The van der Waals surface area contributed by atoms with Crippen molar-refractivity contribution in [2.45, 2.75) is 13.3 Å². The predicted molar refractivity (Wildman–Crippen MR) is 69.0 cm³/mol. The molecule has 3 rings (SSSR count). The number of carbonyl (C=O) groups is 1. The fourth-order valence-electron chi connectivity index (χ4n) is 2.01. The molecule has 1 aromatic heterocycles. The average Bonchev–Trinajstić information content (AvgIpc) is 2.64. The average molecular weight is 247 g/mol. The lowest BCUT2D eigenvalue weighted by molar-refractivity contribution is 0.0945. The Morgan fingerprint density at radius 3 is 3.18 bits per heavy atom. The fourth-order valence-corrected chi connectivity index (χ4v) is 3.05. The second-order valence-corrected chi connectivity index (χ2v) is 5.27. The molecule has 1 N–H and O–H groups in total. The minimum Gasteiger partial charge on any atom is -0.491 e. The van der Waals surface area contributed by atoms with Crippen LogP contribution in [0.5, 0.6) is 5.75 Å². The van der Waals surface area contributed by atoms with Gasteiger partial charge in [0.15, 0.2) is 5.75 Å². The zero-order valence-electron chi connectivity index (χ0n) is 9.58. The highest BCUT2D eigenvalue weighted by Crippen LogP contribution is 2.38. The number of fused-ring (bicyclic) bond motifs is 3. The third-order valence-corrected chi connectivity index (χ3v) is 4.01. The minimum atomic E-state index is -0.0152. The van der Waals surface area contributed by atoms with E-state index >= 15 is 0 Å². The highest BCUT2D eigenvalue weighted by atomic mass is 32.1. The van der Waals surface area contributed by atoms with Crippen molar-refractivity contribution in [3.8, 4) is 5.75 Å². The summed E-state index contributed by atoms with van der Waals surface area (Å²) in [4.78, 5) is 12.6. The van der Waals surface area contributed by atoms with Gasteiger partial charge in [-0.15, -0.1) is 11.3 Å². The van der Waals surface area contributed by atoms with E-state index in [2.05, 4.69) is 23.5 Å². The largest absolute Gasteiger partial charge is 0.491 e. The van der Waals surface area contributed by atoms with Gasteiger partial charge in [0, 0.05) is 16.6 Å². The maximum absolute atomic E-state index is 11.9. The third-order valence-electron chi connectivity index (χ3n) is 2.86. The molecule has 2 aromatic rings. The fraction of sp³-hybridized carbons (Fsp3) is 0.308. The molecule has 1 aromatic carbocycles. The highest BCUT2D eigenvalue weighted by molar-refractivity contribution is 7.21. The summed E-state index contributed by atoms with van der Waals surface area (Å²) in [6.45, 7) is 3.39. The molecule has 88 valence electrons. The molecule has 17 heavy (non-hydrogen) atoms. The highest BCUT2D eigenvalue weighted by Gasteiger charge is 2.21. The molecule has 1 aliphatic heterocycles. The summed E-state index contributed by atoms with van der Waals surface area (Å²) in [6, 6.07) is 6.19. The van der Waals surface area contributed by atoms with Crippen molar-refractivity contribution in [1.29, 1.82) is 0 Å². The van der Waals surface area contributed by atoms with E-state index in [0.29, 0.717) is 18.0 Å². The minimum absolute atomic E-state index is 0.0152. The summed E-state index contributed by atoms with van der Waals surface area (Å²) in [5, 5.41) is 3.97. The van der Waals surface area contributed by atoms with Gasteiger partial charge in [-0.3, -0.25) is 4.79 Å². The molecule has 0 spiro atoms. The van der Waals surface area contributed by atoms with Gasteiger partial charge in [0.05, 0.1) is 6.61 Å². The number of carbonyl (C=O) groups excluding carboxylic acids is 1. The number of hydrogen-bond acceptors (Lipinski definition) is 3. The number of aryl methyl sites for hydroxylation is 1. The van der Waals surface area contributed by atoms with Crippen LogP contribution in [0.1, 0.15) is 21.7 Å². The molecule has 1 aliphatic rings. The van der Waals surface area contributed by atoms with Crippen LogP contribution in [-0.4, -0.2) is 19.1 Å². The molecule has 0 radical (unpaired) electrons. The van der Waals surface area contributed by atoms with Crippen LogP contribution in [-0.2, 0) is 0 Å². The van der Waals surface area contributed by atoms with Crippen LogP contribution >= 0.6 is 11.3 Å². The van der Waals surface area contributed by atoms with Crippen LogP contribution < -0.4 is 10.1 Å². The number of hydrogen-bond donors (Lipinski definition) is 1. The Kier molecular flexibility index (Phi) is 2.52. The van der Waals surface area contributed by atoms with E-state index in [-0.39, 0.29) is 5.91 Å². The third kappa shape index (κ3) is 1.78. The van der Waals surface area contributed by atoms with Gasteiger partial charge in [-0.05, 0) is 25.5 Å². The van der Waals surface area contributed by atoms with Gasteiger partial charge in [0.1, 0.15) is 4.88 Å². The zero-order chi connectivity index (χ0) is 11.8. The Morgan fingerprint density at radius 2 is 2.29 bits per heavy atom. The Labute approximate surface area is 103 Å². The van der Waals surface area contributed by atoms with Crippen LogP contribution in [0.25, 0.3) is 10.1 Å². The number of ether oxygens (including phenoxy) is 1. The molecule has 0 atom stereocenters. The van der Waals surface area contributed by atoms with Crippen molar-refractivity contribution in [3.05, 3.63) is 28.6 Å². The van der Waals surface area contributed by atoms with Crippen molar-refractivity contribution in [1.82, 2.24) is 5.32 Å². The molecule has 0 fully saturated rings. The van der Waals surface area contributed by atoms with Gasteiger partial charge in [-0.1, -0.05) is 11.6 Å². The number of rotatable bonds is 0.